The Bertz CT molecular complexity index is 678. The maximum atomic E-state index is 11.8. The number of carbonyl (C=O) groups is 1. The van der Waals surface area contributed by atoms with Crippen LogP contribution in [0.25, 0.3) is 11.0 Å². The summed E-state index contributed by atoms with van der Waals surface area (Å²) >= 11 is 0. The smallest absolute Gasteiger partial charge is 0.331 e. The SMILES string of the molecule is O=C(O)CONS(=O)(=O)c1c[nH]c2ncccc12. The fourth-order valence-corrected chi connectivity index (χ4v) is 2.34. The molecule has 2 rings (SSSR count). The summed E-state index contributed by atoms with van der Waals surface area (Å²) in [7, 11) is -3.95. The Labute approximate surface area is 102 Å². The van der Waals surface area contributed by atoms with Gasteiger partial charge in [-0.25, -0.2) is 18.2 Å². The first kappa shape index (κ1) is 12.5. The van der Waals surface area contributed by atoms with E-state index in [9.17, 15) is 13.2 Å². The molecule has 18 heavy (non-hydrogen) atoms. The molecule has 8 nitrogen and oxygen atoms in total. The number of hydrogen-bond acceptors (Lipinski definition) is 5. The molecule has 9 heteroatoms. The van der Waals surface area contributed by atoms with Crippen LogP contribution < -0.4 is 4.89 Å². The van der Waals surface area contributed by atoms with Crippen LogP contribution in [-0.2, 0) is 19.7 Å². The third-order valence-electron chi connectivity index (χ3n) is 2.07. The summed E-state index contributed by atoms with van der Waals surface area (Å²) in [5.41, 5.74) is 0.413. The number of fused-ring (bicyclic) bond motifs is 1. The lowest BCUT2D eigenvalue weighted by molar-refractivity contribution is -0.143. The van der Waals surface area contributed by atoms with E-state index in [0.717, 1.165) is 0 Å². The minimum atomic E-state index is -3.95. The number of rotatable bonds is 5. The minimum Gasteiger partial charge on any atom is -0.479 e. The predicted molar refractivity (Wildman–Crippen MR) is 60.0 cm³/mol. The molecule has 0 aliphatic carbocycles. The van der Waals surface area contributed by atoms with Crippen LogP contribution in [0.5, 0.6) is 0 Å². The molecule has 0 radical (unpaired) electrons. The Morgan fingerprint density at radius 3 is 3.06 bits per heavy atom. The zero-order chi connectivity index (χ0) is 13.2. The van der Waals surface area contributed by atoms with Gasteiger partial charge in [0, 0.05) is 17.8 Å². The van der Waals surface area contributed by atoms with Crippen LogP contribution in [0.15, 0.2) is 29.4 Å². The number of H-pyrrole nitrogens is 1. The van der Waals surface area contributed by atoms with Crippen molar-refractivity contribution in [1.29, 1.82) is 0 Å². The normalized spacial score (nSPS) is 11.8. The summed E-state index contributed by atoms with van der Waals surface area (Å²) in [6, 6.07) is 3.16. The van der Waals surface area contributed by atoms with E-state index in [2.05, 4.69) is 14.8 Å². The van der Waals surface area contributed by atoms with Gasteiger partial charge in [-0.3, -0.25) is 4.84 Å². The maximum Gasteiger partial charge on any atom is 0.331 e. The number of carboxylic acid groups (broad SMARTS) is 1. The van der Waals surface area contributed by atoms with Crippen molar-refractivity contribution in [3.05, 3.63) is 24.5 Å². The summed E-state index contributed by atoms with van der Waals surface area (Å²) in [5.74, 6) is -1.28. The first-order valence-electron chi connectivity index (χ1n) is 4.78. The van der Waals surface area contributed by atoms with Crippen LogP contribution in [0.4, 0.5) is 0 Å². The van der Waals surface area contributed by atoms with Gasteiger partial charge in [0.15, 0.2) is 6.61 Å². The molecule has 0 fully saturated rings. The fraction of sp³-hybridized carbons (Fsp3) is 0.111. The third-order valence-corrected chi connectivity index (χ3v) is 3.32. The van der Waals surface area contributed by atoms with Crippen molar-refractivity contribution in [2.45, 2.75) is 4.90 Å². The van der Waals surface area contributed by atoms with Crippen molar-refractivity contribution in [3.63, 3.8) is 0 Å². The molecule has 0 saturated carbocycles. The zero-order valence-electron chi connectivity index (χ0n) is 8.95. The van der Waals surface area contributed by atoms with E-state index >= 15 is 0 Å². The molecular weight excluding hydrogens is 262 g/mol. The Morgan fingerprint density at radius 2 is 2.33 bits per heavy atom. The van der Waals surface area contributed by atoms with Crippen molar-refractivity contribution in [2.24, 2.45) is 0 Å². The number of sulfonamides is 1. The van der Waals surface area contributed by atoms with E-state index in [0.29, 0.717) is 11.0 Å². The molecule has 96 valence electrons. The molecule has 0 saturated heterocycles. The summed E-state index contributed by atoms with van der Waals surface area (Å²) in [4.78, 5) is 22.9. The summed E-state index contributed by atoms with van der Waals surface area (Å²) in [6.07, 6.45) is 2.77. The molecule has 0 aromatic carbocycles. The molecule has 0 bridgehead atoms. The van der Waals surface area contributed by atoms with Crippen molar-refractivity contribution in [3.8, 4) is 0 Å². The Kier molecular flexibility index (Phi) is 3.28. The van der Waals surface area contributed by atoms with E-state index in [1.54, 1.807) is 17.0 Å². The molecule has 0 aliphatic rings. The molecule has 0 spiro atoms. The molecule has 0 atom stereocenters. The average molecular weight is 271 g/mol. The molecular formula is C9H9N3O5S. The highest BCUT2D eigenvalue weighted by atomic mass is 32.2. The molecule has 2 aromatic heterocycles. The highest BCUT2D eigenvalue weighted by Gasteiger charge is 2.19. The van der Waals surface area contributed by atoms with Gasteiger partial charge in [0.2, 0.25) is 0 Å². The minimum absolute atomic E-state index is 0.0593. The van der Waals surface area contributed by atoms with Gasteiger partial charge in [-0.15, -0.1) is 0 Å². The molecule has 3 N–H and O–H groups in total. The second kappa shape index (κ2) is 4.72. The van der Waals surface area contributed by atoms with Crippen molar-refractivity contribution >= 4 is 27.0 Å². The van der Waals surface area contributed by atoms with E-state index in [4.69, 9.17) is 5.11 Å². The molecule has 2 heterocycles. The second-order valence-corrected chi connectivity index (χ2v) is 4.94. The van der Waals surface area contributed by atoms with Crippen LogP contribution in [0.3, 0.4) is 0 Å². The van der Waals surface area contributed by atoms with Gasteiger partial charge in [-0.1, -0.05) is 4.89 Å². The van der Waals surface area contributed by atoms with Crippen LogP contribution in [0, 0.1) is 0 Å². The van der Waals surface area contributed by atoms with Crippen LogP contribution in [-0.4, -0.2) is 36.1 Å². The number of carboxylic acids is 1. The Morgan fingerprint density at radius 1 is 1.56 bits per heavy atom. The van der Waals surface area contributed by atoms with Crippen molar-refractivity contribution in [2.75, 3.05) is 6.61 Å². The monoisotopic (exact) mass is 271 g/mol. The van der Waals surface area contributed by atoms with E-state index in [-0.39, 0.29) is 4.90 Å². The lowest BCUT2D eigenvalue weighted by Crippen LogP contribution is -2.26. The maximum absolute atomic E-state index is 11.8. The van der Waals surface area contributed by atoms with Gasteiger partial charge < -0.3 is 10.1 Å². The van der Waals surface area contributed by atoms with E-state index in [1.807, 2.05) is 0 Å². The number of aliphatic carboxylic acids is 1. The van der Waals surface area contributed by atoms with Gasteiger partial charge in [0.05, 0.1) is 0 Å². The molecule has 0 aliphatic heterocycles. The topological polar surface area (TPSA) is 121 Å². The van der Waals surface area contributed by atoms with Crippen LogP contribution in [0.1, 0.15) is 0 Å². The van der Waals surface area contributed by atoms with Crippen molar-refractivity contribution < 1.29 is 23.2 Å². The number of aromatic amines is 1. The fourth-order valence-electron chi connectivity index (χ4n) is 1.37. The number of nitrogens with zero attached hydrogens (tertiary/aromatic N) is 1. The molecule has 2 aromatic rings. The Hall–Kier alpha value is -1.97. The van der Waals surface area contributed by atoms with Crippen LogP contribution >= 0.6 is 0 Å². The highest BCUT2D eigenvalue weighted by molar-refractivity contribution is 7.89. The quantitative estimate of drug-likeness (QED) is 0.650. The lowest BCUT2D eigenvalue weighted by atomic mass is 10.3. The van der Waals surface area contributed by atoms with Gasteiger partial charge in [0.25, 0.3) is 10.0 Å². The summed E-state index contributed by atoms with van der Waals surface area (Å²) in [6.45, 7) is -0.764. The highest BCUT2D eigenvalue weighted by Crippen LogP contribution is 2.20. The predicted octanol–water partition coefficient (Wildman–Crippen LogP) is -0.143. The molecule has 0 unspecified atom stereocenters. The van der Waals surface area contributed by atoms with E-state index < -0.39 is 22.6 Å². The lowest BCUT2D eigenvalue weighted by Gasteiger charge is -2.03. The third kappa shape index (κ3) is 2.47. The van der Waals surface area contributed by atoms with Gasteiger partial charge >= 0.3 is 5.97 Å². The summed E-state index contributed by atoms with van der Waals surface area (Å²) < 4.78 is 23.6. The second-order valence-electron chi connectivity index (χ2n) is 3.32. The van der Waals surface area contributed by atoms with Gasteiger partial charge in [0.1, 0.15) is 10.5 Å². The average Bonchev–Trinajstić information content (AvgIpc) is 2.72. The van der Waals surface area contributed by atoms with Gasteiger partial charge in [-0.2, -0.15) is 0 Å². The van der Waals surface area contributed by atoms with Crippen LogP contribution in [0.2, 0.25) is 0 Å². The van der Waals surface area contributed by atoms with Gasteiger partial charge in [-0.05, 0) is 12.1 Å². The number of nitrogens with one attached hydrogen (secondary N) is 2. The largest absolute Gasteiger partial charge is 0.479 e. The Balaban J connectivity index is 2.27. The molecule has 0 amide bonds. The first-order valence-corrected chi connectivity index (χ1v) is 6.26. The number of hydrogen-bond donors (Lipinski definition) is 3. The van der Waals surface area contributed by atoms with E-state index in [1.165, 1.54) is 12.4 Å². The number of aromatic nitrogens is 2. The first-order chi connectivity index (χ1) is 8.50. The standard InChI is InChI=1S/C9H9N3O5S/c13-8(14)5-17-12-18(15,16)7-4-11-9-6(7)2-1-3-10-9/h1-4,12H,5H2,(H,10,11)(H,13,14). The zero-order valence-corrected chi connectivity index (χ0v) is 9.77. The summed E-state index contributed by atoms with van der Waals surface area (Å²) in [5, 5.41) is 8.73. The number of pyridine rings is 1. The van der Waals surface area contributed by atoms with Crippen molar-refractivity contribution in [1.82, 2.24) is 14.9 Å².